The molecule has 0 unspecified atom stereocenters. The van der Waals surface area contributed by atoms with Gasteiger partial charge in [-0.15, -0.1) is 0 Å². The fourth-order valence-electron chi connectivity index (χ4n) is 3.12. The number of unbranched alkanes of at least 4 members (excludes halogenated alkanes) is 3. The van der Waals surface area contributed by atoms with E-state index in [2.05, 4.69) is 6.92 Å². The molecule has 0 radical (unpaired) electrons. The summed E-state index contributed by atoms with van der Waals surface area (Å²) in [6, 6.07) is -0.320. The molecule has 0 amide bonds. The molecular formula is C19H33NO5. The molecule has 4 atom stereocenters. The number of hydrogen-bond donors (Lipinski definition) is 4. The number of aliphatic hydroxyl groups excluding tert-OH is 2. The quantitative estimate of drug-likeness (QED) is 0.317. The highest BCUT2D eigenvalue weighted by atomic mass is 16.5. The van der Waals surface area contributed by atoms with Gasteiger partial charge in [0.2, 0.25) is 0 Å². The fourth-order valence-corrected chi connectivity index (χ4v) is 3.12. The summed E-state index contributed by atoms with van der Waals surface area (Å²) in [6.45, 7) is 2.31. The minimum Gasteiger partial charge on any atom is -0.481 e. The van der Waals surface area contributed by atoms with Gasteiger partial charge in [0.05, 0.1) is 24.8 Å². The summed E-state index contributed by atoms with van der Waals surface area (Å²) in [5.41, 5.74) is 0. The van der Waals surface area contributed by atoms with E-state index < -0.39 is 18.2 Å². The average Bonchev–Trinajstić information content (AvgIpc) is 2.82. The maximum atomic E-state index is 10.5. The van der Waals surface area contributed by atoms with Crippen LogP contribution < -0.4 is 0 Å². The molecule has 6 nitrogen and oxygen atoms in total. The molecule has 1 heterocycles. The molecular weight excluding hydrogens is 322 g/mol. The Labute approximate surface area is 150 Å². The van der Waals surface area contributed by atoms with Crippen molar-refractivity contribution in [3.8, 4) is 0 Å². The van der Waals surface area contributed by atoms with Gasteiger partial charge in [-0.05, 0) is 25.7 Å². The summed E-state index contributed by atoms with van der Waals surface area (Å²) >= 11 is 0. The predicted molar refractivity (Wildman–Crippen MR) is 96.3 cm³/mol. The fraction of sp³-hybridized carbons (Fsp3) is 0.737. The standard InChI is InChI=1S/C19H33NO5/c1-2-3-6-9-15(21)12-13-17-16(18(22)14-20(17)25)10-7-4-5-8-11-19(23)24/h4,7,12-13,15-18,21-22,25H,2-3,5-6,8-11,14H2,1H3,(H,23,24)/b7-4+,13-12?/t15-,16-,17-,18+/m1/s1. The number of aliphatic carboxylic acids is 1. The molecule has 1 rings (SSSR count). The first-order valence-corrected chi connectivity index (χ1v) is 9.32. The summed E-state index contributed by atoms with van der Waals surface area (Å²) < 4.78 is 0. The van der Waals surface area contributed by atoms with E-state index in [-0.39, 0.29) is 24.9 Å². The Hall–Kier alpha value is -1.21. The van der Waals surface area contributed by atoms with Crippen LogP contribution in [0.2, 0.25) is 0 Å². The van der Waals surface area contributed by atoms with Gasteiger partial charge < -0.3 is 20.5 Å². The van der Waals surface area contributed by atoms with Crippen molar-refractivity contribution in [1.82, 2.24) is 5.06 Å². The maximum absolute atomic E-state index is 10.5. The number of allylic oxidation sites excluding steroid dienone is 2. The van der Waals surface area contributed by atoms with Crippen molar-refractivity contribution in [2.24, 2.45) is 5.92 Å². The molecule has 1 saturated heterocycles. The van der Waals surface area contributed by atoms with E-state index in [1.807, 2.05) is 12.2 Å². The molecule has 25 heavy (non-hydrogen) atoms. The number of hydrogen-bond acceptors (Lipinski definition) is 5. The number of β-amino-alcohol motifs (C(OH)–C–C–N with tert-alkyl or cyclic N) is 1. The SMILES string of the molecule is CCCCC[C@@H](O)C=C[C@@H]1[C@@H](C/C=C/CCCC(=O)O)[C@@H](O)CN1O. The van der Waals surface area contributed by atoms with Crippen LogP contribution >= 0.6 is 0 Å². The van der Waals surface area contributed by atoms with Gasteiger partial charge in [0.15, 0.2) is 0 Å². The normalized spacial score (nSPS) is 26.0. The van der Waals surface area contributed by atoms with E-state index >= 15 is 0 Å². The number of carboxylic acids is 1. The van der Waals surface area contributed by atoms with E-state index in [1.54, 1.807) is 12.2 Å². The Bertz CT molecular complexity index is 438. The largest absolute Gasteiger partial charge is 0.481 e. The molecule has 0 spiro atoms. The summed E-state index contributed by atoms with van der Waals surface area (Å²) in [6.07, 6.45) is 12.1. The van der Waals surface area contributed by atoms with Crippen molar-refractivity contribution in [3.05, 3.63) is 24.3 Å². The van der Waals surface area contributed by atoms with Crippen LogP contribution in [0.1, 0.15) is 58.3 Å². The van der Waals surface area contributed by atoms with Crippen molar-refractivity contribution < 1.29 is 25.3 Å². The summed E-state index contributed by atoms with van der Waals surface area (Å²) in [5, 5.41) is 39.8. The van der Waals surface area contributed by atoms with Gasteiger partial charge in [-0.1, -0.05) is 50.5 Å². The molecule has 1 fully saturated rings. The third-order valence-electron chi connectivity index (χ3n) is 4.62. The van der Waals surface area contributed by atoms with Gasteiger partial charge in [0, 0.05) is 12.3 Å². The lowest BCUT2D eigenvalue weighted by molar-refractivity contribution is -0.137. The van der Waals surface area contributed by atoms with Crippen molar-refractivity contribution in [3.63, 3.8) is 0 Å². The smallest absolute Gasteiger partial charge is 0.303 e. The lowest BCUT2D eigenvalue weighted by atomic mass is 9.93. The van der Waals surface area contributed by atoms with Crippen molar-refractivity contribution in [1.29, 1.82) is 0 Å². The minimum absolute atomic E-state index is 0.139. The third kappa shape index (κ3) is 8.63. The second-order valence-electron chi connectivity index (χ2n) is 6.78. The zero-order valence-electron chi connectivity index (χ0n) is 15.1. The number of nitrogens with zero attached hydrogens (tertiary/aromatic N) is 1. The summed E-state index contributed by atoms with van der Waals surface area (Å²) in [7, 11) is 0. The Balaban J connectivity index is 2.46. The molecule has 144 valence electrons. The van der Waals surface area contributed by atoms with E-state index in [1.165, 1.54) is 0 Å². The summed E-state index contributed by atoms with van der Waals surface area (Å²) in [5.74, 6) is -0.932. The van der Waals surface area contributed by atoms with E-state index in [0.29, 0.717) is 25.7 Å². The van der Waals surface area contributed by atoms with Crippen LogP contribution in [0, 0.1) is 5.92 Å². The lowest BCUT2D eigenvalue weighted by Gasteiger charge is -2.20. The Morgan fingerprint density at radius 1 is 1.28 bits per heavy atom. The molecule has 0 aromatic rings. The summed E-state index contributed by atoms with van der Waals surface area (Å²) in [4.78, 5) is 10.5. The first kappa shape index (κ1) is 21.8. The minimum atomic E-state index is -0.793. The molecule has 0 aromatic carbocycles. The van der Waals surface area contributed by atoms with Crippen molar-refractivity contribution >= 4 is 5.97 Å². The molecule has 0 saturated carbocycles. The van der Waals surface area contributed by atoms with Crippen LogP contribution in [-0.4, -0.2) is 56.4 Å². The zero-order chi connectivity index (χ0) is 18.7. The van der Waals surface area contributed by atoms with Gasteiger partial charge in [-0.3, -0.25) is 4.79 Å². The average molecular weight is 355 g/mol. The molecule has 4 N–H and O–H groups in total. The highest BCUT2D eigenvalue weighted by molar-refractivity contribution is 5.66. The van der Waals surface area contributed by atoms with Gasteiger partial charge >= 0.3 is 5.97 Å². The molecule has 0 aliphatic carbocycles. The van der Waals surface area contributed by atoms with Crippen molar-refractivity contribution in [2.45, 2.75) is 76.5 Å². The number of aliphatic hydroxyl groups is 2. The van der Waals surface area contributed by atoms with E-state index in [9.17, 15) is 20.2 Å². The second-order valence-corrected chi connectivity index (χ2v) is 6.78. The number of rotatable bonds is 12. The highest BCUT2D eigenvalue weighted by Crippen LogP contribution is 2.28. The van der Waals surface area contributed by atoms with Crippen LogP contribution in [0.4, 0.5) is 0 Å². The molecule has 0 bridgehead atoms. The monoisotopic (exact) mass is 355 g/mol. The Morgan fingerprint density at radius 3 is 2.72 bits per heavy atom. The molecule has 0 aromatic heterocycles. The molecule has 1 aliphatic rings. The molecule has 6 heteroatoms. The van der Waals surface area contributed by atoms with Crippen LogP contribution in [0.3, 0.4) is 0 Å². The predicted octanol–water partition coefficient (Wildman–Crippen LogP) is 2.74. The zero-order valence-corrected chi connectivity index (χ0v) is 15.1. The lowest BCUT2D eigenvalue weighted by Crippen LogP contribution is -2.28. The van der Waals surface area contributed by atoms with Crippen LogP contribution in [0.15, 0.2) is 24.3 Å². The van der Waals surface area contributed by atoms with Gasteiger partial charge in [0.25, 0.3) is 0 Å². The maximum Gasteiger partial charge on any atom is 0.303 e. The molecule has 1 aliphatic heterocycles. The van der Waals surface area contributed by atoms with Gasteiger partial charge in [-0.25, -0.2) is 0 Å². The number of carboxylic acid groups (broad SMARTS) is 1. The van der Waals surface area contributed by atoms with E-state index in [0.717, 1.165) is 24.3 Å². The van der Waals surface area contributed by atoms with Crippen LogP contribution in [0.25, 0.3) is 0 Å². The first-order chi connectivity index (χ1) is 12.0. The Morgan fingerprint density at radius 2 is 2.04 bits per heavy atom. The van der Waals surface area contributed by atoms with Crippen LogP contribution in [0.5, 0.6) is 0 Å². The van der Waals surface area contributed by atoms with Crippen molar-refractivity contribution in [2.75, 3.05) is 6.54 Å². The van der Waals surface area contributed by atoms with E-state index in [4.69, 9.17) is 5.11 Å². The third-order valence-corrected chi connectivity index (χ3v) is 4.62. The number of hydroxylamine groups is 2. The van der Waals surface area contributed by atoms with Gasteiger partial charge in [-0.2, -0.15) is 5.06 Å². The second kappa shape index (κ2) is 12.2. The first-order valence-electron chi connectivity index (χ1n) is 9.32. The van der Waals surface area contributed by atoms with Gasteiger partial charge in [0.1, 0.15) is 0 Å². The highest BCUT2D eigenvalue weighted by Gasteiger charge is 2.38. The van der Waals surface area contributed by atoms with Crippen LogP contribution in [-0.2, 0) is 4.79 Å². The topological polar surface area (TPSA) is 101 Å². The number of carbonyl (C=O) groups is 1. The Kier molecular flexibility index (Phi) is 10.6.